The summed E-state index contributed by atoms with van der Waals surface area (Å²) in [6.45, 7) is 0.573. The van der Waals surface area contributed by atoms with Crippen LogP contribution in [0.2, 0.25) is 5.02 Å². The third-order valence-corrected chi connectivity index (χ3v) is 6.98. The minimum atomic E-state index is 0.0867. The molecule has 0 saturated heterocycles. The molecule has 2 heterocycles. The molecule has 2 aromatic heterocycles. The number of thiophene rings is 1. The van der Waals surface area contributed by atoms with E-state index in [1.807, 2.05) is 31.3 Å². The van der Waals surface area contributed by atoms with Crippen LogP contribution in [0.1, 0.15) is 22.4 Å². The van der Waals surface area contributed by atoms with Gasteiger partial charge in [-0.15, -0.1) is 11.3 Å². The Kier molecular flexibility index (Phi) is 5.16. The van der Waals surface area contributed by atoms with Gasteiger partial charge in [-0.1, -0.05) is 35.5 Å². The van der Waals surface area contributed by atoms with Gasteiger partial charge in [-0.2, -0.15) is 0 Å². The first-order valence-corrected chi connectivity index (χ1v) is 10.7. The van der Waals surface area contributed by atoms with Crippen molar-refractivity contribution in [1.82, 2.24) is 14.9 Å². The molecule has 0 bridgehead atoms. The zero-order valence-corrected chi connectivity index (χ0v) is 16.8. The van der Waals surface area contributed by atoms with Gasteiger partial charge in [-0.3, -0.25) is 4.79 Å². The van der Waals surface area contributed by atoms with E-state index in [2.05, 4.69) is 9.97 Å². The van der Waals surface area contributed by atoms with Crippen molar-refractivity contribution in [1.29, 1.82) is 0 Å². The van der Waals surface area contributed by atoms with E-state index in [-0.39, 0.29) is 5.91 Å². The van der Waals surface area contributed by atoms with Crippen molar-refractivity contribution in [3.05, 3.63) is 51.6 Å². The second kappa shape index (κ2) is 7.55. The van der Waals surface area contributed by atoms with Crippen molar-refractivity contribution in [2.24, 2.45) is 0 Å². The number of hydrogen-bond acceptors (Lipinski definition) is 5. The predicted molar refractivity (Wildman–Crippen MR) is 108 cm³/mol. The van der Waals surface area contributed by atoms with Gasteiger partial charge < -0.3 is 4.90 Å². The molecule has 4 rings (SSSR count). The first-order chi connectivity index (χ1) is 12.6. The zero-order valence-electron chi connectivity index (χ0n) is 14.4. The Balaban J connectivity index is 1.44. The van der Waals surface area contributed by atoms with Gasteiger partial charge in [-0.05, 0) is 42.5 Å². The zero-order chi connectivity index (χ0) is 18.1. The highest BCUT2D eigenvalue weighted by atomic mass is 35.5. The molecule has 26 heavy (non-hydrogen) atoms. The van der Waals surface area contributed by atoms with E-state index in [9.17, 15) is 4.79 Å². The Labute approximate surface area is 165 Å². The number of nitrogens with zero attached hydrogens (tertiary/aromatic N) is 3. The van der Waals surface area contributed by atoms with Gasteiger partial charge in [0.25, 0.3) is 0 Å². The normalized spacial score (nSPS) is 13.2. The molecule has 0 aliphatic heterocycles. The van der Waals surface area contributed by atoms with Gasteiger partial charge in [0, 0.05) is 28.9 Å². The van der Waals surface area contributed by atoms with E-state index in [1.165, 1.54) is 34.0 Å². The number of aryl methyl sites for hydroxylation is 2. The number of thioether (sulfide) groups is 1. The van der Waals surface area contributed by atoms with Crippen molar-refractivity contribution < 1.29 is 4.79 Å². The fraction of sp³-hybridized carbons (Fsp3) is 0.316. The largest absolute Gasteiger partial charge is 0.341 e. The van der Waals surface area contributed by atoms with Crippen LogP contribution in [0.5, 0.6) is 0 Å². The standard InChI is InChI=1S/C19H18ClN3OS2/c1-23(9-12-5-7-13(20)8-6-12)16(24)10-25-18-17-14-3-2-4-15(14)26-19(17)22-11-21-18/h5-8,11H,2-4,9-10H2,1H3. The number of amides is 1. The van der Waals surface area contributed by atoms with Gasteiger partial charge in [0.1, 0.15) is 16.2 Å². The van der Waals surface area contributed by atoms with Crippen LogP contribution in [0.4, 0.5) is 0 Å². The average Bonchev–Trinajstić information content (AvgIpc) is 3.22. The summed E-state index contributed by atoms with van der Waals surface area (Å²) in [5, 5.41) is 2.81. The lowest BCUT2D eigenvalue weighted by atomic mass is 10.2. The van der Waals surface area contributed by atoms with Crippen LogP contribution in [0.25, 0.3) is 10.2 Å². The lowest BCUT2D eigenvalue weighted by molar-refractivity contribution is -0.127. The van der Waals surface area contributed by atoms with Crippen LogP contribution in [0.15, 0.2) is 35.6 Å². The molecule has 1 amide bonds. The van der Waals surface area contributed by atoms with Crippen LogP contribution in [-0.2, 0) is 24.2 Å². The highest BCUT2D eigenvalue weighted by Gasteiger charge is 2.22. The summed E-state index contributed by atoms with van der Waals surface area (Å²) in [7, 11) is 1.83. The molecular weight excluding hydrogens is 386 g/mol. The molecule has 1 aliphatic carbocycles. The minimum absolute atomic E-state index is 0.0867. The van der Waals surface area contributed by atoms with Crippen molar-refractivity contribution >= 4 is 50.8 Å². The second-order valence-corrected chi connectivity index (χ2v) is 8.87. The molecule has 0 unspecified atom stereocenters. The van der Waals surface area contributed by atoms with Crippen molar-refractivity contribution in [3.63, 3.8) is 0 Å². The number of rotatable bonds is 5. The molecule has 0 radical (unpaired) electrons. The number of aromatic nitrogens is 2. The van der Waals surface area contributed by atoms with Crippen LogP contribution >= 0.6 is 34.7 Å². The maximum absolute atomic E-state index is 12.5. The Hall–Kier alpha value is -1.63. The van der Waals surface area contributed by atoms with Crippen LogP contribution in [0.3, 0.4) is 0 Å². The highest BCUT2D eigenvalue weighted by Crippen LogP contribution is 2.40. The summed E-state index contributed by atoms with van der Waals surface area (Å²) in [4.78, 5) is 25.6. The first kappa shape index (κ1) is 17.8. The molecule has 0 saturated carbocycles. The van der Waals surface area contributed by atoms with Crippen molar-refractivity contribution in [3.8, 4) is 0 Å². The van der Waals surface area contributed by atoms with E-state index < -0.39 is 0 Å². The van der Waals surface area contributed by atoms with Crippen LogP contribution in [0, 0.1) is 0 Å². The van der Waals surface area contributed by atoms with E-state index in [0.717, 1.165) is 28.3 Å². The number of carbonyl (C=O) groups is 1. The summed E-state index contributed by atoms with van der Waals surface area (Å²) < 4.78 is 0. The molecule has 0 spiro atoms. The SMILES string of the molecule is CN(Cc1ccc(Cl)cc1)C(=O)CSc1ncnc2sc3c(c12)CCC3. The molecule has 0 fully saturated rings. The van der Waals surface area contributed by atoms with Crippen LogP contribution < -0.4 is 0 Å². The number of benzene rings is 1. The number of halogens is 1. The maximum atomic E-state index is 12.5. The number of carbonyl (C=O) groups excluding carboxylic acids is 1. The monoisotopic (exact) mass is 403 g/mol. The fourth-order valence-corrected chi connectivity index (χ4v) is 5.59. The van der Waals surface area contributed by atoms with Gasteiger partial charge in [0.05, 0.1) is 5.75 Å². The third kappa shape index (κ3) is 3.59. The van der Waals surface area contributed by atoms with Crippen molar-refractivity contribution in [2.45, 2.75) is 30.8 Å². The third-order valence-electron chi connectivity index (χ3n) is 4.56. The van der Waals surface area contributed by atoms with Gasteiger partial charge in [0.2, 0.25) is 5.91 Å². The molecule has 1 aromatic carbocycles. The molecular formula is C19H18ClN3OS2. The number of fused-ring (bicyclic) bond motifs is 3. The van der Waals surface area contributed by atoms with Gasteiger partial charge in [-0.25, -0.2) is 9.97 Å². The maximum Gasteiger partial charge on any atom is 0.233 e. The summed E-state index contributed by atoms with van der Waals surface area (Å²) in [6.07, 6.45) is 5.06. The van der Waals surface area contributed by atoms with E-state index in [0.29, 0.717) is 17.3 Å². The minimum Gasteiger partial charge on any atom is -0.341 e. The van der Waals surface area contributed by atoms with Gasteiger partial charge in [0.15, 0.2) is 0 Å². The first-order valence-electron chi connectivity index (χ1n) is 8.48. The summed E-state index contributed by atoms with van der Waals surface area (Å²) in [5.74, 6) is 0.462. The lowest BCUT2D eigenvalue weighted by Gasteiger charge is -2.17. The molecule has 1 aliphatic rings. The predicted octanol–water partition coefficient (Wildman–Crippen LogP) is 4.58. The fourth-order valence-electron chi connectivity index (χ4n) is 3.20. The summed E-state index contributed by atoms with van der Waals surface area (Å²) in [6, 6.07) is 7.58. The molecule has 4 nitrogen and oxygen atoms in total. The summed E-state index contributed by atoms with van der Waals surface area (Å²) >= 11 is 9.20. The molecule has 7 heteroatoms. The van der Waals surface area contributed by atoms with E-state index in [1.54, 1.807) is 22.6 Å². The highest BCUT2D eigenvalue weighted by molar-refractivity contribution is 8.00. The topological polar surface area (TPSA) is 46.1 Å². The lowest BCUT2D eigenvalue weighted by Crippen LogP contribution is -2.27. The molecule has 134 valence electrons. The quantitative estimate of drug-likeness (QED) is 0.462. The molecule has 0 N–H and O–H groups in total. The number of hydrogen-bond donors (Lipinski definition) is 0. The Bertz CT molecular complexity index is 955. The Morgan fingerprint density at radius 1 is 1.27 bits per heavy atom. The molecule has 0 atom stereocenters. The summed E-state index contributed by atoms with van der Waals surface area (Å²) in [5.41, 5.74) is 2.46. The smallest absolute Gasteiger partial charge is 0.233 e. The molecule has 3 aromatic rings. The second-order valence-electron chi connectivity index (χ2n) is 6.38. The van der Waals surface area contributed by atoms with Gasteiger partial charge >= 0.3 is 0 Å². The average molecular weight is 404 g/mol. The Morgan fingerprint density at radius 2 is 2.08 bits per heavy atom. The van der Waals surface area contributed by atoms with E-state index in [4.69, 9.17) is 11.6 Å². The van der Waals surface area contributed by atoms with Crippen LogP contribution in [-0.4, -0.2) is 33.6 Å². The van der Waals surface area contributed by atoms with E-state index >= 15 is 0 Å². The van der Waals surface area contributed by atoms with Crippen molar-refractivity contribution in [2.75, 3.05) is 12.8 Å². The Morgan fingerprint density at radius 3 is 2.88 bits per heavy atom.